The second-order valence-corrected chi connectivity index (χ2v) is 6.11. The zero-order valence-corrected chi connectivity index (χ0v) is 12.5. The molecular formula is C13H13N5S2. The van der Waals surface area contributed by atoms with Gasteiger partial charge in [-0.1, -0.05) is 18.3 Å². The van der Waals surface area contributed by atoms with Gasteiger partial charge in [-0.25, -0.2) is 4.98 Å². The summed E-state index contributed by atoms with van der Waals surface area (Å²) in [4.78, 5) is 9.50. The minimum absolute atomic E-state index is 0.862. The molecule has 3 heterocycles. The van der Waals surface area contributed by atoms with E-state index in [1.807, 2.05) is 18.3 Å². The Morgan fingerprint density at radius 3 is 2.75 bits per heavy atom. The molecular weight excluding hydrogens is 290 g/mol. The van der Waals surface area contributed by atoms with E-state index < -0.39 is 0 Å². The molecule has 102 valence electrons. The summed E-state index contributed by atoms with van der Waals surface area (Å²) >= 11 is 3.18. The number of hydrogen-bond acceptors (Lipinski definition) is 7. The summed E-state index contributed by atoms with van der Waals surface area (Å²) in [6, 6.07) is 3.91. The number of hydrogen-bond donors (Lipinski definition) is 1. The Balaban J connectivity index is 1.81. The predicted octanol–water partition coefficient (Wildman–Crippen LogP) is 3.55. The normalized spacial score (nSPS) is 10.7. The third-order valence-electron chi connectivity index (χ3n) is 2.59. The summed E-state index contributed by atoms with van der Waals surface area (Å²) in [6.45, 7) is 3.04. The van der Waals surface area contributed by atoms with Gasteiger partial charge in [0.1, 0.15) is 5.01 Å². The molecule has 0 radical (unpaired) electrons. The van der Waals surface area contributed by atoms with Gasteiger partial charge < -0.3 is 5.32 Å². The van der Waals surface area contributed by atoms with Crippen LogP contribution in [-0.4, -0.2) is 26.7 Å². The van der Waals surface area contributed by atoms with Crippen LogP contribution in [0.5, 0.6) is 0 Å². The van der Waals surface area contributed by atoms with Gasteiger partial charge in [0.2, 0.25) is 5.13 Å². The third-order valence-corrected chi connectivity index (χ3v) is 4.69. The fourth-order valence-corrected chi connectivity index (χ4v) is 3.35. The van der Waals surface area contributed by atoms with Crippen LogP contribution >= 0.6 is 22.7 Å². The first kappa shape index (κ1) is 13.1. The van der Waals surface area contributed by atoms with Crippen LogP contribution in [0.15, 0.2) is 30.7 Å². The number of nitrogens with zero attached hydrogens (tertiary/aromatic N) is 4. The Labute approximate surface area is 124 Å². The molecule has 0 atom stereocenters. The first-order valence-electron chi connectivity index (χ1n) is 6.31. The van der Waals surface area contributed by atoms with Crippen LogP contribution in [0.3, 0.4) is 0 Å². The summed E-state index contributed by atoms with van der Waals surface area (Å²) < 4.78 is 0. The average Bonchev–Trinajstić information content (AvgIpc) is 3.15. The molecule has 1 N–H and O–H groups in total. The lowest BCUT2D eigenvalue weighted by atomic mass is 10.3. The molecule has 0 aliphatic carbocycles. The molecule has 0 amide bonds. The molecule has 0 aromatic carbocycles. The van der Waals surface area contributed by atoms with E-state index in [0.29, 0.717) is 0 Å². The van der Waals surface area contributed by atoms with E-state index in [1.165, 1.54) is 0 Å². The van der Waals surface area contributed by atoms with Crippen molar-refractivity contribution in [2.24, 2.45) is 0 Å². The fourth-order valence-electron chi connectivity index (χ4n) is 1.63. The zero-order chi connectivity index (χ0) is 13.8. The molecule has 0 bridgehead atoms. The molecule has 5 nitrogen and oxygen atoms in total. The Kier molecular flexibility index (Phi) is 3.98. The minimum atomic E-state index is 0.862. The molecule has 3 rings (SSSR count). The number of anilines is 1. The van der Waals surface area contributed by atoms with Crippen molar-refractivity contribution in [3.05, 3.63) is 30.7 Å². The highest BCUT2D eigenvalue weighted by Crippen LogP contribution is 2.34. The molecule has 0 fully saturated rings. The maximum absolute atomic E-state index is 4.44. The molecule has 7 heteroatoms. The van der Waals surface area contributed by atoms with Crippen molar-refractivity contribution in [3.63, 3.8) is 0 Å². The first-order chi connectivity index (χ1) is 9.86. The van der Waals surface area contributed by atoms with Crippen LogP contribution in [0.4, 0.5) is 5.13 Å². The minimum Gasteiger partial charge on any atom is -0.360 e. The number of thiazole rings is 1. The molecule has 0 aliphatic rings. The van der Waals surface area contributed by atoms with Gasteiger partial charge in [0, 0.05) is 30.7 Å². The van der Waals surface area contributed by atoms with Crippen molar-refractivity contribution in [2.45, 2.75) is 13.3 Å². The number of rotatable bonds is 5. The van der Waals surface area contributed by atoms with Crippen molar-refractivity contribution >= 4 is 27.8 Å². The van der Waals surface area contributed by atoms with Crippen molar-refractivity contribution in [3.8, 4) is 20.5 Å². The lowest BCUT2D eigenvalue weighted by Gasteiger charge is -1.95. The Morgan fingerprint density at radius 2 is 1.95 bits per heavy atom. The predicted molar refractivity (Wildman–Crippen MR) is 83.0 cm³/mol. The van der Waals surface area contributed by atoms with Gasteiger partial charge in [0.05, 0.1) is 4.88 Å². The van der Waals surface area contributed by atoms with Gasteiger partial charge in [-0.15, -0.1) is 21.5 Å². The topological polar surface area (TPSA) is 63.6 Å². The second kappa shape index (κ2) is 6.06. The van der Waals surface area contributed by atoms with Crippen LogP contribution in [-0.2, 0) is 0 Å². The number of nitrogens with one attached hydrogen (secondary N) is 1. The fraction of sp³-hybridized carbons (Fsp3) is 0.231. The van der Waals surface area contributed by atoms with Gasteiger partial charge in [0.15, 0.2) is 5.01 Å². The van der Waals surface area contributed by atoms with Crippen LogP contribution in [0.2, 0.25) is 0 Å². The van der Waals surface area contributed by atoms with E-state index in [-0.39, 0.29) is 0 Å². The Bertz CT molecular complexity index is 677. The monoisotopic (exact) mass is 303 g/mol. The van der Waals surface area contributed by atoms with E-state index in [2.05, 4.69) is 32.4 Å². The van der Waals surface area contributed by atoms with Crippen molar-refractivity contribution in [1.29, 1.82) is 0 Å². The molecule has 0 saturated carbocycles. The van der Waals surface area contributed by atoms with Gasteiger partial charge in [0.25, 0.3) is 0 Å². The third kappa shape index (κ3) is 2.83. The second-order valence-electron chi connectivity index (χ2n) is 4.10. The summed E-state index contributed by atoms with van der Waals surface area (Å²) in [5.74, 6) is 0. The van der Waals surface area contributed by atoms with Gasteiger partial charge in [-0.3, -0.25) is 4.98 Å². The molecule has 3 aromatic heterocycles. The highest BCUT2D eigenvalue weighted by Gasteiger charge is 2.11. The molecule has 0 aliphatic heterocycles. The van der Waals surface area contributed by atoms with E-state index in [0.717, 1.165) is 38.6 Å². The van der Waals surface area contributed by atoms with Crippen LogP contribution in [0.1, 0.15) is 13.3 Å². The standard InChI is InChI=1S/C13H13N5S2/c1-2-5-15-13-18-17-12(20-13)10-8-16-11(19-10)9-3-6-14-7-4-9/h3-4,6-8H,2,5H2,1H3,(H,15,18). The lowest BCUT2D eigenvalue weighted by Crippen LogP contribution is -1.98. The van der Waals surface area contributed by atoms with Crippen LogP contribution in [0, 0.1) is 0 Å². The molecule has 3 aromatic rings. The Morgan fingerprint density at radius 1 is 1.10 bits per heavy atom. The maximum Gasteiger partial charge on any atom is 0.206 e. The average molecular weight is 303 g/mol. The van der Waals surface area contributed by atoms with Crippen LogP contribution in [0.25, 0.3) is 20.5 Å². The molecule has 20 heavy (non-hydrogen) atoms. The lowest BCUT2D eigenvalue weighted by molar-refractivity contribution is 0.964. The first-order valence-corrected chi connectivity index (χ1v) is 7.94. The zero-order valence-electron chi connectivity index (χ0n) is 10.9. The summed E-state index contributed by atoms with van der Waals surface area (Å²) in [5.41, 5.74) is 1.07. The summed E-state index contributed by atoms with van der Waals surface area (Å²) in [5, 5.41) is 14.3. The number of aromatic nitrogens is 4. The van der Waals surface area contributed by atoms with Crippen molar-refractivity contribution < 1.29 is 0 Å². The van der Waals surface area contributed by atoms with Crippen molar-refractivity contribution in [2.75, 3.05) is 11.9 Å². The SMILES string of the molecule is CCCNc1nnc(-c2cnc(-c3ccncc3)s2)s1. The molecule has 0 unspecified atom stereocenters. The van der Waals surface area contributed by atoms with E-state index in [9.17, 15) is 0 Å². The quantitative estimate of drug-likeness (QED) is 0.781. The highest BCUT2D eigenvalue weighted by molar-refractivity contribution is 7.24. The van der Waals surface area contributed by atoms with E-state index >= 15 is 0 Å². The van der Waals surface area contributed by atoms with Crippen LogP contribution < -0.4 is 5.32 Å². The summed E-state index contributed by atoms with van der Waals surface area (Å²) in [7, 11) is 0. The Hall–Kier alpha value is -1.86. The van der Waals surface area contributed by atoms with E-state index in [4.69, 9.17) is 0 Å². The molecule has 0 spiro atoms. The van der Waals surface area contributed by atoms with Gasteiger partial charge >= 0.3 is 0 Å². The van der Waals surface area contributed by atoms with Crippen molar-refractivity contribution in [1.82, 2.24) is 20.2 Å². The number of pyridine rings is 1. The maximum atomic E-state index is 4.44. The van der Waals surface area contributed by atoms with E-state index in [1.54, 1.807) is 35.1 Å². The smallest absolute Gasteiger partial charge is 0.206 e. The summed E-state index contributed by atoms with van der Waals surface area (Å²) in [6.07, 6.45) is 6.47. The van der Waals surface area contributed by atoms with Gasteiger partial charge in [-0.2, -0.15) is 0 Å². The highest BCUT2D eigenvalue weighted by atomic mass is 32.1. The van der Waals surface area contributed by atoms with Gasteiger partial charge in [-0.05, 0) is 18.6 Å². The molecule has 0 saturated heterocycles. The largest absolute Gasteiger partial charge is 0.360 e.